The summed E-state index contributed by atoms with van der Waals surface area (Å²) in [7, 11) is 1.32. The van der Waals surface area contributed by atoms with Gasteiger partial charge in [-0.05, 0) is 31.2 Å². The molecule has 0 atom stereocenters. The number of nitriles is 1. The highest BCUT2D eigenvalue weighted by atomic mass is 32.1. The summed E-state index contributed by atoms with van der Waals surface area (Å²) in [5.41, 5.74) is 1.59. The molecule has 25 heavy (non-hydrogen) atoms. The van der Waals surface area contributed by atoms with Crippen molar-refractivity contribution in [3.63, 3.8) is 0 Å². The highest BCUT2D eigenvalue weighted by Gasteiger charge is 2.21. The van der Waals surface area contributed by atoms with Gasteiger partial charge in [-0.1, -0.05) is 0 Å². The van der Waals surface area contributed by atoms with Gasteiger partial charge in [-0.15, -0.1) is 11.3 Å². The molecule has 0 bridgehead atoms. The fourth-order valence-electron chi connectivity index (χ4n) is 2.86. The number of non-ortho nitro benzene ring substituents is 1. The van der Waals surface area contributed by atoms with Crippen LogP contribution in [-0.2, 0) is 12.8 Å². The second kappa shape index (κ2) is 6.91. The predicted octanol–water partition coefficient (Wildman–Crippen LogP) is 3.87. The zero-order valence-corrected chi connectivity index (χ0v) is 14.3. The number of aromatic hydroxyl groups is 1. The van der Waals surface area contributed by atoms with Gasteiger partial charge in [0, 0.05) is 22.7 Å². The van der Waals surface area contributed by atoms with Gasteiger partial charge >= 0.3 is 0 Å². The van der Waals surface area contributed by atoms with Crippen molar-refractivity contribution < 1.29 is 14.8 Å². The number of rotatable bonds is 4. The van der Waals surface area contributed by atoms with Crippen molar-refractivity contribution in [2.45, 2.75) is 25.7 Å². The molecule has 1 aromatic heterocycles. The summed E-state index contributed by atoms with van der Waals surface area (Å²) in [6.07, 6.45) is 5.32. The minimum absolute atomic E-state index is 0.00151. The van der Waals surface area contributed by atoms with Crippen LogP contribution >= 0.6 is 11.3 Å². The van der Waals surface area contributed by atoms with Crippen molar-refractivity contribution in [1.82, 2.24) is 0 Å². The Morgan fingerprint density at radius 1 is 1.44 bits per heavy atom. The van der Waals surface area contributed by atoms with E-state index in [1.54, 1.807) is 0 Å². The number of hydrogen-bond donors (Lipinski definition) is 1. The van der Waals surface area contributed by atoms with Crippen LogP contribution in [0.1, 0.15) is 34.4 Å². The monoisotopic (exact) mass is 357 g/mol. The van der Waals surface area contributed by atoms with E-state index in [1.807, 2.05) is 0 Å². The predicted molar refractivity (Wildman–Crippen MR) is 94.2 cm³/mol. The Labute approximate surface area is 148 Å². The molecule has 3 rings (SSSR count). The van der Waals surface area contributed by atoms with Gasteiger partial charge < -0.3 is 9.84 Å². The Morgan fingerprint density at radius 2 is 2.20 bits per heavy atom. The molecule has 0 saturated heterocycles. The summed E-state index contributed by atoms with van der Waals surface area (Å²) in [5.74, 6) is -0.224. The maximum absolute atomic E-state index is 11.0. The number of nitro groups is 1. The SMILES string of the molecule is COc1cc([N+](=O)[O-])cc(/C=N/c2sc3c(c2C#N)CCCC3)c1O. The molecule has 0 aliphatic heterocycles. The number of thiophene rings is 1. The maximum Gasteiger partial charge on any atom is 0.274 e. The lowest BCUT2D eigenvalue weighted by Gasteiger charge is -2.09. The van der Waals surface area contributed by atoms with Crippen molar-refractivity contribution in [3.8, 4) is 17.6 Å². The van der Waals surface area contributed by atoms with Crippen LogP contribution in [0.15, 0.2) is 17.1 Å². The molecular formula is C17H15N3O4S. The zero-order valence-electron chi connectivity index (χ0n) is 13.5. The first kappa shape index (κ1) is 16.9. The summed E-state index contributed by atoms with van der Waals surface area (Å²) in [5, 5.41) is 31.2. The number of hydrogen-bond acceptors (Lipinski definition) is 7. The van der Waals surface area contributed by atoms with Crippen LogP contribution in [0, 0.1) is 21.4 Å². The molecule has 8 heteroatoms. The third-order valence-corrected chi connectivity index (χ3v) is 5.31. The lowest BCUT2D eigenvalue weighted by molar-refractivity contribution is -0.385. The van der Waals surface area contributed by atoms with Gasteiger partial charge in [0.2, 0.25) is 0 Å². The minimum atomic E-state index is -0.566. The zero-order chi connectivity index (χ0) is 18.0. The number of ether oxygens (including phenoxy) is 1. The van der Waals surface area contributed by atoms with Crippen molar-refractivity contribution in [1.29, 1.82) is 5.26 Å². The molecule has 0 radical (unpaired) electrons. The Hall–Kier alpha value is -2.92. The summed E-state index contributed by atoms with van der Waals surface area (Å²) < 4.78 is 4.97. The van der Waals surface area contributed by atoms with Crippen LogP contribution in [0.25, 0.3) is 0 Å². The number of fused-ring (bicyclic) bond motifs is 1. The van der Waals surface area contributed by atoms with E-state index in [9.17, 15) is 20.5 Å². The summed E-state index contributed by atoms with van der Waals surface area (Å²) in [6, 6.07) is 4.58. The van der Waals surface area contributed by atoms with E-state index >= 15 is 0 Å². The molecule has 0 spiro atoms. The number of nitrogens with zero attached hydrogens (tertiary/aromatic N) is 3. The number of methoxy groups -OCH3 is 1. The maximum atomic E-state index is 11.0. The molecule has 1 aromatic carbocycles. The number of phenolic OH excluding ortho intramolecular Hbond substituents is 1. The first-order valence-corrected chi connectivity index (χ1v) is 8.51. The normalized spacial score (nSPS) is 13.4. The van der Waals surface area contributed by atoms with Gasteiger partial charge in [0.15, 0.2) is 11.5 Å². The molecule has 7 nitrogen and oxygen atoms in total. The van der Waals surface area contributed by atoms with Gasteiger partial charge in [0.05, 0.1) is 23.7 Å². The van der Waals surface area contributed by atoms with E-state index in [4.69, 9.17) is 4.74 Å². The minimum Gasteiger partial charge on any atom is -0.504 e. The second-order valence-corrected chi connectivity index (χ2v) is 6.69. The first-order chi connectivity index (χ1) is 12.0. The third-order valence-electron chi connectivity index (χ3n) is 4.11. The molecule has 1 aliphatic rings. The number of benzene rings is 1. The third kappa shape index (κ3) is 3.19. The quantitative estimate of drug-likeness (QED) is 0.507. The van der Waals surface area contributed by atoms with Crippen molar-refractivity contribution in [3.05, 3.63) is 43.8 Å². The van der Waals surface area contributed by atoms with Crippen LogP contribution in [0.5, 0.6) is 11.5 Å². The van der Waals surface area contributed by atoms with Crippen LogP contribution in [0.3, 0.4) is 0 Å². The van der Waals surface area contributed by atoms with Crippen molar-refractivity contribution in [2.75, 3.05) is 7.11 Å². The van der Waals surface area contributed by atoms with Crippen LogP contribution in [0.2, 0.25) is 0 Å². The highest BCUT2D eigenvalue weighted by Crippen LogP contribution is 2.40. The van der Waals surface area contributed by atoms with E-state index in [-0.39, 0.29) is 22.7 Å². The highest BCUT2D eigenvalue weighted by molar-refractivity contribution is 7.16. The number of phenols is 1. The van der Waals surface area contributed by atoms with E-state index < -0.39 is 4.92 Å². The standard InChI is InChI=1S/C17H15N3O4S/c1-24-14-7-11(20(22)23)6-10(16(14)21)9-19-17-13(8-18)12-4-2-3-5-15(12)25-17/h6-7,9,21H,2-5H2,1H3/b19-9+. The molecule has 1 aliphatic carbocycles. The van der Waals surface area contributed by atoms with Gasteiger partial charge in [-0.2, -0.15) is 5.26 Å². The molecule has 0 saturated carbocycles. The molecule has 1 N–H and O–H groups in total. The largest absolute Gasteiger partial charge is 0.504 e. The van der Waals surface area contributed by atoms with Gasteiger partial charge in [0.25, 0.3) is 5.69 Å². The lowest BCUT2D eigenvalue weighted by atomic mass is 9.96. The topological polar surface area (TPSA) is 109 Å². The van der Waals surface area contributed by atoms with Gasteiger partial charge in [-0.25, -0.2) is 4.99 Å². The average molecular weight is 357 g/mol. The Bertz CT molecular complexity index is 912. The van der Waals surface area contributed by atoms with E-state index in [0.29, 0.717) is 10.6 Å². The number of aryl methyl sites for hydroxylation is 1. The Kier molecular flexibility index (Phi) is 4.67. The smallest absolute Gasteiger partial charge is 0.274 e. The molecular weight excluding hydrogens is 342 g/mol. The second-order valence-electron chi connectivity index (χ2n) is 5.60. The molecule has 1 heterocycles. The van der Waals surface area contributed by atoms with Gasteiger partial charge in [-0.3, -0.25) is 10.1 Å². The summed E-state index contributed by atoms with van der Waals surface area (Å²) >= 11 is 1.46. The molecule has 0 unspecified atom stereocenters. The van der Waals surface area contributed by atoms with E-state index in [0.717, 1.165) is 37.3 Å². The van der Waals surface area contributed by atoms with Crippen molar-refractivity contribution >= 4 is 28.2 Å². The summed E-state index contributed by atoms with van der Waals surface area (Å²) in [4.78, 5) is 16.0. The molecule has 2 aromatic rings. The van der Waals surface area contributed by atoms with Crippen molar-refractivity contribution in [2.24, 2.45) is 4.99 Å². The number of aliphatic imine (C=N–C) groups is 1. The Morgan fingerprint density at radius 3 is 2.88 bits per heavy atom. The van der Waals surface area contributed by atoms with E-state index in [1.165, 1.54) is 35.6 Å². The fourth-order valence-corrected chi connectivity index (χ4v) is 4.04. The van der Waals surface area contributed by atoms with Crippen LogP contribution < -0.4 is 4.74 Å². The average Bonchev–Trinajstić information content (AvgIpc) is 2.98. The Balaban J connectivity index is 2.03. The van der Waals surface area contributed by atoms with Crippen LogP contribution in [-0.4, -0.2) is 23.4 Å². The van der Waals surface area contributed by atoms with E-state index in [2.05, 4.69) is 11.1 Å². The van der Waals surface area contributed by atoms with Gasteiger partial charge in [0.1, 0.15) is 11.1 Å². The van der Waals surface area contributed by atoms with Crippen LogP contribution in [0.4, 0.5) is 10.7 Å². The summed E-state index contributed by atoms with van der Waals surface area (Å²) in [6.45, 7) is 0. The first-order valence-electron chi connectivity index (χ1n) is 7.69. The molecule has 0 amide bonds. The fraction of sp³-hybridized carbons (Fsp3) is 0.294. The molecule has 128 valence electrons. The lowest BCUT2D eigenvalue weighted by Crippen LogP contribution is -1.99. The number of nitro benzene ring substituents is 1. The molecule has 0 fully saturated rings.